The normalized spacial score (nSPS) is 11.4. The minimum absolute atomic E-state index is 0.170. The van der Waals surface area contributed by atoms with Gasteiger partial charge in [0.2, 0.25) is 0 Å². The minimum atomic E-state index is -4.66. The Labute approximate surface area is 111 Å². The van der Waals surface area contributed by atoms with E-state index in [1.54, 1.807) is 0 Å². The van der Waals surface area contributed by atoms with Gasteiger partial charge in [-0.3, -0.25) is 4.98 Å². The molecule has 0 aliphatic rings. The van der Waals surface area contributed by atoms with Gasteiger partial charge in [0.05, 0.1) is 28.2 Å². The van der Waals surface area contributed by atoms with Crippen LogP contribution < -0.4 is 5.32 Å². The van der Waals surface area contributed by atoms with E-state index in [4.69, 9.17) is 11.6 Å². The summed E-state index contributed by atoms with van der Waals surface area (Å²) >= 11 is 5.66. The van der Waals surface area contributed by atoms with Crippen LogP contribution in [0.4, 0.5) is 28.9 Å². The van der Waals surface area contributed by atoms with Crippen LogP contribution in [0.5, 0.6) is 0 Å². The van der Waals surface area contributed by atoms with Crippen LogP contribution in [0.1, 0.15) is 5.56 Å². The van der Waals surface area contributed by atoms with Gasteiger partial charge in [-0.05, 0) is 18.2 Å². The first-order valence-electron chi connectivity index (χ1n) is 5.11. The Bertz CT molecular complexity index is 599. The maximum Gasteiger partial charge on any atom is 0.418 e. The van der Waals surface area contributed by atoms with E-state index in [-0.39, 0.29) is 10.7 Å². The summed E-state index contributed by atoms with van der Waals surface area (Å²) < 4.78 is 51.8. The number of nitrogens with zero attached hydrogens (tertiary/aromatic N) is 1. The Hall–Kier alpha value is -1.82. The van der Waals surface area contributed by atoms with Crippen LogP contribution in [0, 0.1) is 5.82 Å². The van der Waals surface area contributed by atoms with E-state index >= 15 is 0 Å². The predicted molar refractivity (Wildman–Crippen MR) is 63.9 cm³/mol. The van der Waals surface area contributed by atoms with Gasteiger partial charge in [-0.1, -0.05) is 17.7 Å². The molecule has 2 rings (SSSR count). The summed E-state index contributed by atoms with van der Waals surface area (Å²) in [6.45, 7) is 0. The van der Waals surface area contributed by atoms with Gasteiger partial charge in [0.1, 0.15) is 5.82 Å². The summed E-state index contributed by atoms with van der Waals surface area (Å²) in [5.41, 5.74) is -1.57. The average molecular weight is 291 g/mol. The van der Waals surface area contributed by atoms with E-state index in [0.29, 0.717) is 0 Å². The number of rotatable bonds is 2. The fourth-order valence-corrected chi connectivity index (χ4v) is 1.69. The fraction of sp³-hybridized carbons (Fsp3) is 0.0833. The van der Waals surface area contributed by atoms with Crippen molar-refractivity contribution in [2.75, 3.05) is 5.32 Å². The molecule has 1 aromatic heterocycles. The van der Waals surface area contributed by atoms with Crippen molar-refractivity contribution in [3.05, 3.63) is 53.1 Å². The lowest BCUT2D eigenvalue weighted by Crippen LogP contribution is -2.10. The van der Waals surface area contributed by atoms with E-state index in [1.807, 2.05) is 0 Å². The van der Waals surface area contributed by atoms with Crippen molar-refractivity contribution in [2.24, 2.45) is 0 Å². The second kappa shape index (κ2) is 5.05. The standard InChI is InChI=1S/C12H7ClF4N2/c13-7-4-8(6-18-5-7)19-11-9(12(15,16)17)2-1-3-10(11)14/h1-6,19H. The molecule has 0 saturated heterocycles. The number of hydrogen-bond donors (Lipinski definition) is 1. The molecule has 0 radical (unpaired) electrons. The first-order valence-corrected chi connectivity index (χ1v) is 5.49. The SMILES string of the molecule is Fc1cccc(C(F)(F)F)c1Nc1cncc(Cl)c1. The Kier molecular flexibility index (Phi) is 3.61. The molecular formula is C12H7ClF4N2. The molecule has 0 spiro atoms. The molecule has 1 N–H and O–H groups in total. The van der Waals surface area contributed by atoms with E-state index in [1.165, 1.54) is 18.5 Å². The Morgan fingerprint density at radius 3 is 2.53 bits per heavy atom. The van der Waals surface area contributed by atoms with Crippen LogP contribution in [-0.2, 0) is 6.18 Å². The highest BCUT2D eigenvalue weighted by atomic mass is 35.5. The number of pyridine rings is 1. The van der Waals surface area contributed by atoms with E-state index < -0.39 is 23.2 Å². The molecule has 1 heterocycles. The second-order valence-electron chi connectivity index (χ2n) is 3.68. The van der Waals surface area contributed by atoms with Crippen molar-refractivity contribution in [1.82, 2.24) is 4.98 Å². The average Bonchev–Trinajstić information content (AvgIpc) is 2.30. The Balaban J connectivity index is 2.45. The van der Waals surface area contributed by atoms with Gasteiger partial charge >= 0.3 is 6.18 Å². The second-order valence-corrected chi connectivity index (χ2v) is 4.11. The van der Waals surface area contributed by atoms with Crippen LogP contribution in [0.15, 0.2) is 36.7 Å². The molecule has 0 aliphatic heterocycles. The molecule has 100 valence electrons. The van der Waals surface area contributed by atoms with Gasteiger partial charge < -0.3 is 5.32 Å². The minimum Gasteiger partial charge on any atom is -0.351 e. The molecule has 0 aliphatic carbocycles. The van der Waals surface area contributed by atoms with Crippen molar-refractivity contribution < 1.29 is 17.6 Å². The maximum atomic E-state index is 13.6. The molecule has 2 nitrogen and oxygen atoms in total. The molecule has 19 heavy (non-hydrogen) atoms. The van der Waals surface area contributed by atoms with Gasteiger partial charge in [-0.25, -0.2) is 4.39 Å². The molecule has 0 fully saturated rings. The highest BCUT2D eigenvalue weighted by molar-refractivity contribution is 6.30. The maximum absolute atomic E-state index is 13.6. The summed E-state index contributed by atoms with van der Waals surface area (Å²) in [6, 6.07) is 4.08. The lowest BCUT2D eigenvalue weighted by Gasteiger charge is -2.15. The third-order valence-electron chi connectivity index (χ3n) is 2.29. The Morgan fingerprint density at radius 1 is 1.16 bits per heavy atom. The van der Waals surface area contributed by atoms with E-state index in [0.717, 1.165) is 18.2 Å². The number of anilines is 2. The van der Waals surface area contributed by atoms with E-state index in [2.05, 4.69) is 10.3 Å². The van der Waals surface area contributed by atoms with Gasteiger partial charge in [0.25, 0.3) is 0 Å². The quantitative estimate of drug-likeness (QED) is 0.815. The number of benzene rings is 1. The zero-order chi connectivity index (χ0) is 14.0. The first kappa shape index (κ1) is 13.6. The molecule has 7 heteroatoms. The monoisotopic (exact) mass is 290 g/mol. The topological polar surface area (TPSA) is 24.9 Å². The molecule has 2 aromatic rings. The number of alkyl halides is 3. The molecule has 0 saturated carbocycles. The summed E-state index contributed by atoms with van der Waals surface area (Å²) in [5, 5.41) is 2.58. The molecule has 0 atom stereocenters. The fourth-order valence-electron chi connectivity index (χ4n) is 1.51. The summed E-state index contributed by atoms with van der Waals surface area (Å²) in [4.78, 5) is 3.70. The van der Waals surface area contributed by atoms with Crippen molar-refractivity contribution in [2.45, 2.75) is 6.18 Å². The van der Waals surface area contributed by atoms with Crippen molar-refractivity contribution in [3.63, 3.8) is 0 Å². The predicted octanol–water partition coefficient (Wildman–Crippen LogP) is 4.64. The molecular weight excluding hydrogens is 284 g/mol. The number of nitrogens with one attached hydrogen (secondary N) is 1. The summed E-state index contributed by atoms with van der Waals surface area (Å²) in [7, 11) is 0. The third kappa shape index (κ3) is 3.14. The van der Waals surface area contributed by atoms with Gasteiger partial charge in [0, 0.05) is 6.20 Å². The zero-order valence-corrected chi connectivity index (χ0v) is 10.1. The van der Waals surface area contributed by atoms with Crippen LogP contribution in [-0.4, -0.2) is 4.98 Å². The van der Waals surface area contributed by atoms with Gasteiger partial charge in [-0.15, -0.1) is 0 Å². The van der Waals surface area contributed by atoms with Crippen molar-refractivity contribution in [3.8, 4) is 0 Å². The zero-order valence-electron chi connectivity index (χ0n) is 9.30. The number of aromatic nitrogens is 1. The smallest absolute Gasteiger partial charge is 0.351 e. The van der Waals surface area contributed by atoms with Crippen LogP contribution in [0.3, 0.4) is 0 Å². The molecule has 0 bridgehead atoms. The highest BCUT2D eigenvalue weighted by Crippen LogP contribution is 2.37. The number of halogens is 5. The summed E-state index contributed by atoms with van der Waals surface area (Å²) in [5.74, 6) is -1.00. The molecule has 0 unspecified atom stereocenters. The van der Waals surface area contributed by atoms with E-state index in [9.17, 15) is 17.6 Å². The highest BCUT2D eigenvalue weighted by Gasteiger charge is 2.34. The van der Waals surface area contributed by atoms with Crippen molar-refractivity contribution >= 4 is 23.0 Å². The molecule has 1 aromatic carbocycles. The lowest BCUT2D eigenvalue weighted by molar-refractivity contribution is -0.137. The number of hydrogen-bond acceptors (Lipinski definition) is 2. The third-order valence-corrected chi connectivity index (χ3v) is 2.50. The number of para-hydroxylation sites is 1. The lowest BCUT2D eigenvalue weighted by atomic mass is 10.1. The van der Waals surface area contributed by atoms with Crippen LogP contribution in [0.25, 0.3) is 0 Å². The van der Waals surface area contributed by atoms with Crippen LogP contribution >= 0.6 is 11.6 Å². The van der Waals surface area contributed by atoms with Gasteiger partial charge in [0.15, 0.2) is 0 Å². The largest absolute Gasteiger partial charge is 0.418 e. The Morgan fingerprint density at radius 2 is 1.89 bits per heavy atom. The van der Waals surface area contributed by atoms with Crippen molar-refractivity contribution in [1.29, 1.82) is 0 Å². The van der Waals surface area contributed by atoms with Gasteiger partial charge in [-0.2, -0.15) is 13.2 Å². The van der Waals surface area contributed by atoms with Crippen LogP contribution in [0.2, 0.25) is 5.02 Å². The summed E-state index contributed by atoms with van der Waals surface area (Å²) in [6.07, 6.45) is -2.09. The first-order chi connectivity index (χ1) is 8.88. The molecule has 0 amide bonds.